The molecular weight excluding hydrogens is 326 g/mol. The number of thioether (sulfide) groups is 1. The predicted molar refractivity (Wildman–Crippen MR) is 91.0 cm³/mol. The molecule has 0 atom stereocenters. The Balaban J connectivity index is 1.48. The fraction of sp³-hybridized carbons (Fsp3) is 0.188. The molecule has 1 aliphatic rings. The topological polar surface area (TPSA) is 98.9 Å². The van der Waals surface area contributed by atoms with E-state index in [1.165, 1.54) is 11.8 Å². The molecule has 0 saturated heterocycles. The van der Waals surface area contributed by atoms with Crippen LogP contribution in [0, 0.1) is 0 Å². The number of aromatic amines is 1. The molecule has 0 radical (unpaired) electrons. The van der Waals surface area contributed by atoms with Crippen LogP contribution in [0.2, 0.25) is 0 Å². The Labute approximate surface area is 142 Å². The Morgan fingerprint density at radius 2 is 2.00 bits per heavy atom. The van der Waals surface area contributed by atoms with Gasteiger partial charge in [-0.25, -0.2) is 9.97 Å². The van der Waals surface area contributed by atoms with Gasteiger partial charge in [-0.15, -0.1) is 5.10 Å². The number of hydrogen-bond donors (Lipinski definition) is 2. The van der Waals surface area contributed by atoms with Crippen LogP contribution in [-0.2, 0) is 5.75 Å². The fourth-order valence-electron chi connectivity index (χ4n) is 2.36. The first-order valence-electron chi connectivity index (χ1n) is 7.43. The van der Waals surface area contributed by atoms with Crippen LogP contribution in [0.1, 0.15) is 5.56 Å². The molecule has 8 heteroatoms. The number of nitrogens with one attached hydrogen (secondary N) is 1. The summed E-state index contributed by atoms with van der Waals surface area (Å²) >= 11 is 1.53. The van der Waals surface area contributed by atoms with Crippen LogP contribution in [0.3, 0.4) is 0 Å². The van der Waals surface area contributed by atoms with Gasteiger partial charge in [0.25, 0.3) is 0 Å². The van der Waals surface area contributed by atoms with Crippen molar-refractivity contribution < 1.29 is 9.47 Å². The Morgan fingerprint density at radius 1 is 1.12 bits per heavy atom. The van der Waals surface area contributed by atoms with Crippen molar-refractivity contribution in [1.29, 1.82) is 0 Å². The standard InChI is InChI=1S/C16H15N5O2S/c17-14-7-10(3-4-18-14)9-24-16-19-15(20-21-16)11-1-2-12-13(8-11)23-6-5-22-12/h1-4,7-8H,5-6,9H2,(H2,17,18)(H,19,20,21). The largest absolute Gasteiger partial charge is 0.486 e. The second kappa shape index (κ2) is 6.40. The molecule has 0 spiro atoms. The maximum absolute atomic E-state index is 5.68. The number of nitrogens with zero attached hydrogens (tertiary/aromatic N) is 3. The van der Waals surface area contributed by atoms with E-state index in [0.29, 0.717) is 30.0 Å². The van der Waals surface area contributed by atoms with E-state index < -0.39 is 0 Å². The maximum atomic E-state index is 5.68. The average molecular weight is 341 g/mol. The number of ether oxygens (including phenoxy) is 2. The molecule has 3 heterocycles. The second-order valence-electron chi connectivity index (χ2n) is 5.20. The fourth-order valence-corrected chi connectivity index (χ4v) is 3.10. The van der Waals surface area contributed by atoms with Crippen molar-refractivity contribution in [2.45, 2.75) is 10.9 Å². The van der Waals surface area contributed by atoms with Gasteiger partial charge in [-0.3, -0.25) is 5.10 Å². The quantitative estimate of drug-likeness (QED) is 0.703. The first kappa shape index (κ1) is 14.8. The Kier molecular flexibility index (Phi) is 3.96. The predicted octanol–water partition coefficient (Wildman–Crippen LogP) is 2.51. The molecule has 3 aromatic rings. The van der Waals surface area contributed by atoms with Crippen LogP contribution in [0.15, 0.2) is 41.7 Å². The Hall–Kier alpha value is -2.74. The zero-order chi connectivity index (χ0) is 16.4. The minimum atomic E-state index is 0.514. The van der Waals surface area contributed by atoms with Crippen molar-refractivity contribution in [2.24, 2.45) is 0 Å². The van der Waals surface area contributed by atoms with E-state index in [4.69, 9.17) is 15.2 Å². The number of hydrogen-bond acceptors (Lipinski definition) is 7. The van der Waals surface area contributed by atoms with E-state index in [1.54, 1.807) is 6.20 Å². The van der Waals surface area contributed by atoms with Gasteiger partial charge in [0.15, 0.2) is 17.3 Å². The lowest BCUT2D eigenvalue weighted by Crippen LogP contribution is -2.15. The van der Waals surface area contributed by atoms with Gasteiger partial charge in [-0.2, -0.15) is 0 Å². The highest BCUT2D eigenvalue weighted by atomic mass is 32.2. The van der Waals surface area contributed by atoms with Crippen LogP contribution >= 0.6 is 11.8 Å². The number of anilines is 1. The number of benzene rings is 1. The van der Waals surface area contributed by atoms with Crippen LogP contribution in [0.5, 0.6) is 11.5 Å². The van der Waals surface area contributed by atoms with Crippen molar-refractivity contribution in [2.75, 3.05) is 18.9 Å². The number of rotatable bonds is 4. The molecule has 3 N–H and O–H groups in total. The lowest BCUT2D eigenvalue weighted by atomic mass is 10.2. The normalized spacial score (nSPS) is 13.0. The van der Waals surface area contributed by atoms with Gasteiger partial charge in [0.1, 0.15) is 19.0 Å². The third-order valence-electron chi connectivity index (χ3n) is 3.49. The smallest absolute Gasteiger partial charge is 0.209 e. The summed E-state index contributed by atoms with van der Waals surface area (Å²) in [5, 5.41) is 7.89. The third-order valence-corrected chi connectivity index (χ3v) is 4.41. The number of nitrogen functional groups attached to an aromatic ring is 1. The zero-order valence-corrected chi connectivity index (χ0v) is 13.5. The van der Waals surface area contributed by atoms with E-state index in [1.807, 2.05) is 30.3 Å². The van der Waals surface area contributed by atoms with E-state index in [9.17, 15) is 0 Å². The summed E-state index contributed by atoms with van der Waals surface area (Å²) < 4.78 is 11.1. The van der Waals surface area contributed by atoms with Gasteiger partial charge in [0.2, 0.25) is 5.16 Å². The molecule has 0 bridgehead atoms. The number of aromatic nitrogens is 4. The SMILES string of the molecule is Nc1cc(CSc2n[nH]c(-c3ccc4c(c3)OCCO4)n2)ccn1. The zero-order valence-electron chi connectivity index (χ0n) is 12.7. The highest BCUT2D eigenvalue weighted by Gasteiger charge is 2.14. The summed E-state index contributed by atoms with van der Waals surface area (Å²) in [5.74, 6) is 3.43. The maximum Gasteiger partial charge on any atom is 0.209 e. The molecule has 0 fully saturated rings. The molecule has 0 amide bonds. The minimum Gasteiger partial charge on any atom is -0.486 e. The van der Waals surface area contributed by atoms with Crippen LogP contribution < -0.4 is 15.2 Å². The van der Waals surface area contributed by atoms with Crippen molar-refractivity contribution in [1.82, 2.24) is 20.2 Å². The molecule has 7 nitrogen and oxygen atoms in total. The summed E-state index contributed by atoms with van der Waals surface area (Å²) in [6.07, 6.45) is 1.70. The molecule has 122 valence electrons. The molecule has 0 aliphatic carbocycles. The first-order valence-corrected chi connectivity index (χ1v) is 8.42. The van der Waals surface area contributed by atoms with E-state index >= 15 is 0 Å². The number of nitrogens with two attached hydrogens (primary N) is 1. The van der Waals surface area contributed by atoms with Crippen molar-refractivity contribution in [3.63, 3.8) is 0 Å². The number of H-pyrrole nitrogens is 1. The monoisotopic (exact) mass is 341 g/mol. The molecule has 1 aromatic carbocycles. The van der Waals surface area contributed by atoms with Crippen molar-refractivity contribution in [3.8, 4) is 22.9 Å². The summed E-state index contributed by atoms with van der Waals surface area (Å²) in [6.45, 7) is 1.14. The summed E-state index contributed by atoms with van der Waals surface area (Å²) in [5.41, 5.74) is 7.67. The van der Waals surface area contributed by atoms with Crippen molar-refractivity contribution >= 4 is 17.6 Å². The molecule has 24 heavy (non-hydrogen) atoms. The van der Waals surface area contributed by atoms with Gasteiger partial charge in [-0.1, -0.05) is 11.8 Å². The van der Waals surface area contributed by atoms with Gasteiger partial charge in [0, 0.05) is 17.5 Å². The molecule has 1 aliphatic heterocycles. The lowest BCUT2D eigenvalue weighted by Gasteiger charge is -2.18. The third kappa shape index (κ3) is 3.13. The van der Waals surface area contributed by atoms with Crippen LogP contribution in [-0.4, -0.2) is 33.4 Å². The molecule has 0 unspecified atom stereocenters. The summed E-state index contributed by atoms with van der Waals surface area (Å²) in [4.78, 5) is 8.50. The molecule has 2 aromatic heterocycles. The lowest BCUT2D eigenvalue weighted by molar-refractivity contribution is 0.171. The number of pyridine rings is 1. The highest BCUT2D eigenvalue weighted by Crippen LogP contribution is 2.34. The van der Waals surface area contributed by atoms with Gasteiger partial charge in [-0.05, 0) is 35.9 Å². The second-order valence-corrected chi connectivity index (χ2v) is 6.15. The van der Waals surface area contributed by atoms with Gasteiger partial charge >= 0.3 is 0 Å². The Morgan fingerprint density at radius 3 is 2.88 bits per heavy atom. The first-order chi connectivity index (χ1) is 11.8. The van der Waals surface area contributed by atoms with Crippen LogP contribution in [0.4, 0.5) is 5.82 Å². The summed E-state index contributed by atoms with van der Waals surface area (Å²) in [6, 6.07) is 9.51. The van der Waals surface area contributed by atoms with E-state index in [2.05, 4.69) is 20.2 Å². The summed E-state index contributed by atoms with van der Waals surface area (Å²) in [7, 11) is 0. The minimum absolute atomic E-state index is 0.514. The van der Waals surface area contributed by atoms with E-state index in [-0.39, 0.29) is 0 Å². The number of fused-ring (bicyclic) bond motifs is 1. The Bertz CT molecular complexity index is 867. The molecule has 4 rings (SSSR count). The van der Waals surface area contributed by atoms with E-state index in [0.717, 1.165) is 28.4 Å². The van der Waals surface area contributed by atoms with Crippen LogP contribution in [0.25, 0.3) is 11.4 Å². The molecule has 0 saturated carbocycles. The molecular formula is C16H15N5O2S. The van der Waals surface area contributed by atoms with Crippen molar-refractivity contribution in [3.05, 3.63) is 42.1 Å². The van der Waals surface area contributed by atoms with Gasteiger partial charge < -0.3 is 15.2 Å². The van der Waals surface area contributed by atoms with Gasteiger partial charge in [0.05, 0.1) is 0 Å². The highest BCUT2D eigenvalue weighted by molar-refractivity contribution is 7.98. The average Bonchev–Trinajstić information content (AvgIpc) is 3.09.